The predicted octanol–water partition coefficient (Wildman–Crippen LogP) is 3.56. The monoisotopic (exact) mass is 320 g/mol. The van der Waals surface area contributed by atoms with Crippen molar-refractivity contribution < 1.29 is 4.79 Å². The van der Waals surface area contributed by atoms with Gasteiger partial charge < -0.3 is 5.32 Å². The van der Waals surface area contributed by atoms with Crippen molar-refractivity contribution in [3.05, 3.63) is 22.5 Å². The third-order valence-corrected chi connectivity index (χ3v) is 4.36. The molecular formula is C17H28N4O2. The van der Waals surface area contributed by atoms with E-state index in [4.69, 9.17) is 0 Å². The summed E-state index contributed by atoms with van der Waals surface area (Å²) < 4.78 is 0. The first kappa shape index (κ1) is 17.5. The first-order valence-corrected chi connectivity index (χ1v) is 8.87. The molecule has 6 heteroatoms. The minimum atomic E-state index is -0.282. The van der Waals surface area contributed by atoms with Crippen molar-refractivity contribution in [3.8, 4) is 0 Å². The molecule has 1 fully saturated rings. The number of amides is 2. The molecular weight excluding hydrogens is 292 g/mol. The minimum Gasteiger partial charge on any atom is -0.335 e. The van der Waals surface area contributed by atoms with Crippen molar-refractivity contribution in [3.63, 3.8) is 0 Å². The number of H-pyrrole nitrogens is 1. The van der Waals surface area contributed by atoms with Gasteiger partial charge in [0.05, 0.1) is 0 Å². The summed E-state index contributed by atoms with van der Waals surface area (Å²) in [5.41, 5.74) is -0.282. The Morgan fingerprint density at radius 1 is 0.957 bits per heavy atom. The molecule has 0 atom stereocenters. The molecule has 0 aliphatic heterocycles. The largest absolute Gasteiger partial charge is 0.335 e. The molecule has 1 aliphatic carbocycles. The van der Waals surface area contributed by atoms with Crippen LogP contribution in [0.15, 0.2) is 16.9 Å². The summed E-state index contributed by atoms with van der Waals surface area (Å²) in [5, 5.41) is 11.8. The van der Waals surface area contributed by atoms with Crippen LogP contribution in [0.1, 0.15) is 70.6 Å². The summed E-state index contributed by atoms with van der Waals surface area (Å²) in [6, 6.07) is 2.82. The number of aromatic nitrogens is 2. The number of hydrogen-bond donors (Lipinski definition) is 3. The lowest BCUT2D eigenvalue weighted by Gasteiger charge is -2.19. The van der Waals surface area contributed by atoms with Crippen LogP contribution < -0.4 is 16.2 Å². The summed E-state index contributed by atoms with van der Waals surface area (Å²) >= 11 is 0. The van der Waals surface area contributed by atoms with E-state index in [0.29, 0.717) is 5.82 Å². The number of hydrogen-bond acceptors (Lipinski definition) is 3. The Kier molecular flexibility index (Phi) is 7.63. The first-order chi connectivity index (χ1) is 11.2. The lowest BCUT2D eigenvalue weighted by molar-refractivity contribution is 0.246. The first-order valence-electron chi connectivity index (χ1n) is 8.87. The highest BCUT2D eigenvalue weighted by molar-refractivity contribution is 5.88. The lowest BCUT2D eigenvalue weighted by atomic mass is 9.98. The van der Waals surface area contributed by atoms with Crippen LogP contribution in [-0.2, 0) is 0 Å². The van der Waals surface area contributed by atoms with Gasteiger partial charge in [0.2, 0.25) is 0 Å². The highest BCUT2D eigenvalue weighted by Gasteiger charge is 2.13. The van der Waals surface area contributed by atoms with Gasteiger partial charge in [-0.1, -0.05) is 57.8 Å². The van der Waals surface area contributed by atoms with E-state index in [0.717, 1.165) is 12.8 Å². The molecule has 128 valence electrons. The van der Waals surface area contributed by atoms with E-state index in [9.17, 15) is 9.59 Å². The average Bonchev–Trinajstić information content (AvgIpc) is 2.52. The molecule has 0 spiro atoms. The second-order valence-electron chi connectivity index (χ2n) is 6.36. The smallest absolute Gasteiger partial charge is 0.320 e. The van der Waals surface area contributed by atoms with Gasteiger partial charge in [-0.05, 0) is 18.9 Å². The van der Waals surface area contributed by atoms with Crippen molar-refractivity contribution in [2.24, 2.45) is 0 Å². The lowest BCUT2D eigenvalue weighted by Crippen LogP contribution is -2.38. The molecule has 0 unspecified atom stereocenters. The standard InChI is InChI=1S/C17H28N4O2/c22-16-13-12-15(20-21-16)19-17(23)18-14-10-8-6-4-2-1-3-5-7-9-11-14/h12-14H,1-11H2,(H,21,22)(H2,18,19,20,23). The van der Waals surface area contributed by atoms with Gasteiger partial charge in [-0.2, -0.15) is 5.10 Å². The van der Waals surface area contributed by atoms with Gasteiger partial charge in [0, 0.05) is 12.1 Å². The second kappa shape index (κ2) is 10.0. The molecule has 23 heavy (non-hydrogen) atoms. The van der Waals surface area contributed by atoms with Crippen molar-refractivity contribution in [2.45, 2.75) is 76.7 Å². The summed E-state index contributed by atoms with van der Waals surface area (Å²) in [6.45, 7) is 0. The number of aromatic amines is 1. The number of carbonyl (C=O) groups is 1. The zero-order valence-corrected chi connectivity index (χ0v) is 13.8. The van der Waals surface area contributed by atoms with Crippen LogP contribution >= 0.6 is 0 Å². The van der Waals surface area contributed by atoms with Crippen LogP contribution in [0.5, 0.6) is 0 Å². The highest BCUT2D eigenvalue weighted by atomic mass is 16.2. The van der Waals surface area contributed by atoms with Crippen molar-refractivity contribution >= 4 is 11.8 Å². The molecule has 1 aromatic heterocycles. The summed E-state index contributed by atoms with van der Waals surface area (Å²) in [4.78, 5) is 23.0. The molecule has 3 N–H and O–H groups in total. The molecule has 1 aromatic rings. The Morgan fingerprint density at radius 3 is 2.04 bits per heavy atom. The van der Waals surface area contributed by atoms with Crippen molar-refractivity contribution in [2.75, 3.05) is 5.32 Å². The fraction of sp³-hybridized carbons (Fsp3) is 0.706. The van der Waals surface area contributed by atoms with Crippen LogP contribution in [0, 0.1) is 0 Å². The van der Waals surface area contributed by atoms with Gasteiger partial charge in [-0.25, -0.2) is 9.89 Å². The molecule has 0 bridgehead atoms. The van der Waals surface area contributed by atoms with Gasteiger partial charge in [-0.3, -0.25) is 10.1 Å². The van der Waals surface area contributed by atoms with Gasteiger partial charge in [0.15, 0.2) is 5.82 Å². The van der Waals surface area contributed by atoms with Crippen LogP contribution in [0.4, 0.5) is 10.6 Å². The highest BCUT2D eigenvalue weighted by Crippen LogP contribution is 2.17. The zero-order chi connectivity index (χ0) is 16.3. The zero-order valence-electron chi connectivity index (χ0n) is 13.8. The van der Waals surface area contributed by atoms with Gasteiger partial charge in [-0.15, -0.1) is 0 Å². The Bertz CT molecular complexity index is 497. The van der Waals surface area contributed by atoms with E-state index < -0.39 is 0 Å². The number of anilines is 1. The van der Waals surface area contributed by atoms with Gasteiger partial charge in [0.1, 0.15) is 0 Å². The number of carbonyl (C=O) groups excluding carboxylic acids is 1. The van der Waals surface area contributed by atoms with Gasteiger partial charge in [0.25, 0.3) is 5.56 Å². The minimum absolute atomic E-state index is 0.220. The van der Waals surface area contributed by atoms with Crippen LogP contribution in [0.25, 0.3) is 0 Å². The van der Waals surface area contributed by atoms with Crippen LogP contribution in [-0.4, -0.2) is 22.3 Å². The average molecular weight is 320 g/mol. The fourth-order valence-corrected chi connectivity index (χ4v) is 3.06. The maximum Gasteiger partial charge on any atom is 0.320 e. The number of urea groups is 1. The van der Waals surface area contributed by atoms with Crippen LogP contribution in [0.2, 0.25) is 0 Å². The molecule has 0 saturated heterocycles. The van der Waals surface area contributed by atoms with E-state index >= 15 is 0 Å². The molecule has 0 aromatic carbocycles. The van der Waals surface area contributed by atoms with Crippen molar-refractivity contribution in [1.29, 1.82) is 0 Å². The van der Waals surface area contributed by atoms with Crippen molar-refractivity contribution in [1.82, 2.24) is 15.5 Å². The molecule has 1 saturated carbocycles. The van der Waals surface area contributed by atoms with Crippen LogP contribution in [0.3, 0.4) is 0 Å². The summed E-state index contributed by atoms with van der Waals surface area (Å²) in [5.74, 6) is 0.357. The topological polar surface area (TPSA) is 86.9 Å². The van der Waals surface area contributed by atoms with E-state index in [1.54, 1.807) is 0 Å². The molecule has 1 aliphatic rings. The normalized spacial score (nSPS) is 18.4. The SMILES string of the molecule is O=C(Nc1ccc(=O)[nH]n1)NC1CCCCCCCCCCC1. The summed E-state index contributed by atoms with van der Waals surface area (Å²) in [6.07, 6.45) is 13.6. The second-order valence-corrected chi connectivity index (χ2v) is 6.36. The Morgan fingerprint density at radius 2 is 1.52 bits per heavy atom. The number of nitrogens with one attached hydrogen (secondary N) is 3. The third-order valence-electron chi connectivity index (χ3n) is 4.36. The van der Waals surface area contributed by atoms with E-state index in [-0.39, 0.29) is 17.6 Å². The Balaban J connectivity index is 1.80. The molecule has 1 heterocycles. The number of rotatable bonds is 2. The van der Waals surface area contributed by atoms with Gasteiger partial charge >= 0.3 is 6.03 Å². The Labute approximate surface area is 137 Å². The Hall–Kier alpha value is -1.85. The van der Waals surface area contributed by atoms with E-state index in [1.165, 1.54) is 69.9 Å². The number of nitrogens with zero attached hydrogens (tertiary/aromatic N) is 1. The third kappa shape index (κ3) is 7.30. The predicted molar refractivity (Wildman–Crippen MR) is 91.6 cm³/mol. The van der Waals surface area contributed by atoms with E-state index in [2.05, 4.69) is 20.8 Å². The fourth-order valence-electron chi connectivity index (χ4n) is 3.06. The molecule has 6 nitrogen and oxygen atoms in total. The maximum absolute atomic E-state index is 12.1. The molecule has 0 radical (unpaired) electrons. The maximum atomic E-state index is 12.1. The molecule has 2 amide bonds. The quantitative estimate of drug-likeness (QED) is 0.778. The summed E-state index contributed by atoms with van der Waals surface area (Å²) in [7, 11) is 0. The van der Waals surface area contributed by atoms with E-state index in [1.807, 2.05) is 0 Å². The molecule has 2 rings (SSSR count).